The second-order valence-corrected chi connectivity index (χ2v) is 4.75. The Morgan fingerprint density at radius 3 is 2.76 bits per heavy atom. The second kappa shape index (κ2) is 6.79. The number of hydrogen-bond donors (Lipinski definition) is 0. The van der Waals surface area contributed by atoms with Crippen molar-refractivity contribution in [1.29, 1.82) is 0 Å². The number of alkyl halides is 1. The molecule has 0 aliphatic carbocycles. The van der Waals surface area contributed by atoms with Crippen LogP contribution in [0.1, 0.15) is 36.5 Å². The first-order chi connectivity index (χ1) is 8.13. The quantitative estimate of drug-likeness (QED) is 0.756. The van der Waals surface area contributed by atoms with Gasteiger partial charge in [0.15, 0.2) is 0 Å². The lowest BCUT2D eigenvalue weighted by Gasteiger charge is -2.16. The molecule has 0 aromatic carbocycles. The maximum atomic E-state index is 12.2. The molecule has 0 atom stereocenters. The van der Waals surface area contributed by atoms with Crippen LogP contribution < -0.4 is 0 Å². The van der Waals surface area contributed by atoms with Gasteiger partial charge < -0.3 is 4.90 Å². The van der Waals surface area contributed by atoms with Gasteiger partial charge in [0, 0.05) is 25.5 Å². The molecule has 0 spiro atoms. The Bertz CT molecular complexity index is 376. The molecule has 0 fully saturated rings. The number of rotatable bonds is 6. The van der Waals surface area contributed by atoms with Gasteiger partial charge >= 0.3 is 0 Å². The van der Waals surface area contributed by atoms with Gasteiger partial charge in [-0.05, 0) is 25.8 Å². The van der Waals surface area contributed by atoms with Crippen LogP contribution in [0, 0.1) is 0 Å². The number of nitrogens with zero attached hydrogens (tertiary/aromatic N) is 3. The molecular weight excluding hydrogens is 282 g/mol. The zero-order chi connectivity index (χ0) is 12.8. The van der Waals surface area contributed by atoms with Crippen molar-refractivity contribution in [2.75, 3.05) is 18.9 Å². The van der Waals surface area contributed by atoms with Gasteiger partial charge in [0.25, 0.3) is 5.91 Å². The van der Waals surface area contributed by atoms with Crippen LogP contribution in [0.5, 0.6) is 0 Å². The van der Waals surface area contributed by atoms with Crippen LogP contribution in [0.2, 0.25) is 0 Å². The van der Waals surface area contributed by atoms with Crippen LogP contribution in [-0.4, -0.2) is 39.5 Å². The molecule has 1 aromatic rings. The molecule has 1 rings (SSSR count). The van der Waals surface area contributed by atoms with E-state index in [4.69, 9.17) is 0 Å². The van der Waals surface area contributed by atoms with Crippen LogP contribution in [0.3, 0.4) is 0 Å². The minimum Gasteiger partial charge on any atom is -0.340 e. The third-order valence-corrected chi connectivity index (χ3v) is 3.25. The van der Waals surface area contributed by atoms with Crippen molar-refractivity contribution in [1.82, 2.24) is 14.7 Å². The molecule has 5 heteroatoms. The van der Waals surface area contributed by atoms with Crippen LogP contribution in [0.4, 0.5) is 0 Å². The van der Waals surface area contributed by atoms with Crippen molar-refractivity contribution in [3.05, 3.63) is 17.5 Å². The van der Waals surface area contributed by atoms with Crippen molar-refractivity contribution in [3.8, 4) is 0 Å². The summed E-state index contributed by atoms with van der Waals surface area (Å²) >= 11 is 3.37. The Balaban J connectivity index is 2.83. The molecule has 0 aliphatic heterocycles. The maximum absolute atomic E-state index is 12.2. The smallest absolute Gasteiger partial charge is 0.271 e. The number of aromatic nitrogens is 2. The minimum absolute atomic E-state index is 0.0556. The van der Waals surface area contributed by atoms with E-state index < -0.39 is 0 Å². The highest BCUT2D eigenvalue weighted by Gasteiger charge is 2.17. The van der Waals surface area contributed by atoms with Crippen molar-refractivity contribution in [3.63, 3.8) is 0 Å². The van der Waals surface area contributed by atoms with E-state index >= 15 is 0 Å². The number of halogens is 1. The summed E-state index contributed by atoms with van der Waals surface area (Å²) in [5, 5.41) is 5.31. The summed E-state index contributed by atoms with van der Waals surface area (Å²) < 4.78 is 1.78. The van der Waals surface area contributed by atoms with Crippen LogP contribution in [-0.2, 0) is 13.0 Å². The van der Waals surface area contributed by atoms with E-state index in [-0.39, 0.29) is 5.91 Å². The molecule has 0 saturated carbocycles. The largest absolute Gasteiger partial charge is 0.340 e. The number of carbonyl (C=O) groups excluding carboxylic acids is 1. The van der Waals surface area contributed by atoms with Gasteiger partial charge in [-0.25, -0.2) is 0 Å². The van der Waals surface area contributed by atoms with E-state index in [2.05, 4.69) is 21.0 Å². The molecule has 0 saturated heterocycles. The Morgan fingerprint density at radius 2 is 2.24 bits per heavy atom. The lowest BCUT2D eigenvalue weighted by Crippen LogP contribution is -2.30. The van der Waals surface area contributed by atoms with Crippen molar-refractivity contribution in [2.45, 2.75) is 33.2 Å². The maximum Gasteiger partial charge on any atom is 0.271 e. The summed E-state index contributed by atoms with van der Waals surface area (Å²) in [5.41, 5.74) is 1.67. The average Bonchev–Trinajstić information content (AvgIpc) is 2.78. The molecule has 1 aromatic heterocycles. The third kappa shape index (κ3) is 3.56. The normalized spacial score (nSPS) is 10.6. The monoisotopic (exact) mass is 301 g/mol. The highest BCUT2D eigenvalue weighted by atomic mass is 79.9. The number of amides is 1. The van der Waals surface area contributed by atoms with E-state index in [0.717, 1.165) is 37.0 Å². The number of carbonyl (C=O) groups is 1. The fourth-order valence-corrected chi connectivity index (χ4v) is 1.90. The summed E-state index contributed by atoms with van der Waals surface area (Å²) in [5.74, 6) is 0.0556. The fourth-order valence-electron chi connectivity index (χ4n) is 1.65. The van der Waals surface area contributed by atoms with E-state index in [1.54, 1.807) is 9.58 Å². The molecule has 0 bridgehead atoms. The molecule has 96 valence electrons. The third-order valence-electron chi connectivity index (χ3n) is 2.69. The minimum atomic E-state index is 0.0556. The van der Waals surface area contributed by atoms with Gasteiger partial charge in [-0.1, -0.05) is 22.9 Å². The van der Waals surface area contributed by atoms with Gasteiger partial charge in [-0.3, -0.25) is 9.48 Å². The van der Waals surface area contributed by atoms with Gasteiger partial charge in [-0.15, -0.1) is 0 Å². The highest BCUT2D eigenvalue weighted by molar-refractivity contribution is 9.09. The number of hydrogen-bond acceptors (Lipinski definition) is 2. The Kier molecular flexibility index (Phi) is 5.68. The Labute approximate surface area is 111 Å². The van der Waals surface area contributed by atoms with Crippen LogP contribution in [0.25, 0.3) is 0 Å². The summed E-state index contributed by atoms with van der Waals surface area (Å²) in [6, 6.07) is 1.90. The lowest BCUT2D eigenvalue weighted by molar-refractivity contribution is 0.0783. The lowest BCUT2D eigenvalue weighted by atomic mass is 10.3. The first-order valence-electron chi connectivity index (χ1n) is 6.02. The molecule has 1 heterocycles. The van der Waals surface area contributed by atoms with E-state index in [1.165, 1.54) is 0 Å². The predicted octanol–water partition coefficient (Wildman–Crippen LogP) is 2.32. The average molecular weight is 302 g/mol. The molecule has 0 aliphatic rings. The van der Waals surface area contributed by atoms with Crippen LogP contribution in [0.15, 0.2) is 6.07 Å². The number of aryl methyl sites for hydroxylation is 2. The molecule has 4 nitrogen and oxygen atoms in total. The SMILES string of the molecule is CCc1cc(C(=O)N(C)CCCBr)n(CC)n1. The van der Waals surface area contributed by atoms with Crippen molar-refractivity contribution < 1.29 is 4.79 Å². The molecular formula is C12H20BrN3O. The summed E-state index contributed by atoms with van der Waals surface area (Å²) in [6.07, 6.45) is 1.82. The van der Waals surface area contributed by atoms with Crippen molar-refractivity contribution >= 4 is 21.8 Å². The van der Waals surface area contributed by atoms with E-state index in [9.17, 15) is 4.79 Å². The summed E-state index contributed by atoms with van der Waals surface area (Å²) in [6.45, 7) is 5.54. The Morgan fingerprint density at radius 1 is 1.53 bits per heavy atom. The Hall–Kier alpha value is -0.840. The van der Waals surface area contributed by atoms with Crippen molar-refractivity contribution in [2.24, 2.45) is 0 Å². The first kappa shape index (κ1) is 14.2. The van der Waals surface area contributed by atoms with Crippen LogP contribution >= 0.6 is 15.9 Å². The zero-order valence-corrected chi connectivity index (χ0v) is 12.3. The molecule has 0 unspecified atom stereocenters. The molecule has 0 radical (unpaired) electrons. The van der Waals surface area contributed by atoms with E-state index in [0.29, 0.717) is 5.69 Å². The topological polar surface area (TPSA) is 38.1 Å². The summed E-state index contributed by atoms with van der Waals surface area (Å²) in [7, 11) is 1.84. The van der Waals surface area contributed by atoms with Gasteiger partial charge in [0.1, 0.15) is 5.69 Å². The second-order valence-electron chi connectivity index (χ2n) is 3.96. The standard InChI is InChI=1S/C12H20BrN3O/c1-4-10-9-11(16(5-2)14-10)12(17)15(3)8-6-7-13/h9H,4-8H2,1-3H3. The summed E-state index contributed by atoms with van der Waals surface area (Å²) in [4.78, 5) is 14.0. The van der Waals surface area contributed by atoms with Gasteiger partial charge in [0.2, 0.25) is 0 Å². The molecule has 1 amide bonds. The fraction of sp³-hybridized carbons (Fsp3) is 0.667. The molecule has 0 N–H and O–H groups in total. The van der Waals surface area contributed by atoms with Gasteiger partial charge in [0.05, 0.1) is 5.69 Å². The first-order valence-corrected chi connectivity index (χ1v) is 7.14. The highest BCUT2D eigenvalue weighted by Crippen LogP contribution is 2.09. The van der Waals surface area contributed by atoms with E-state index in [1.807, 2.05) is 27.0 Å². The predicted molar refractivity (Wildman–Crippen MR) is 72.7 cm³/mol. The zero-order valence-electron chi connectivity index (χ0n) is 10.7. The molecule has 17 heavy (non-hydrogen) atoms. The van der Waals surface area contributed by atoms with Gasteiger partial charge in [-0.2, -0.15) is 5.10 Å².